The van der Waals surface area contributed by atoms with Crippen LogP contribution in [-0.2, 0) is 4.79 Å². The fraction of sp³-hybridized carbons (Fsp3) is 0.875. The minimum absolute atomic E-state index is 0.0690. The van der Waals surface area contributed by atoms with E-state index in [1.807, 2.05) is 0 Å². The molecule has 29 heavy (non-hydrogen) atoms. The third-order valence-electron chi connectivity index (χ3n) is 6.00. The predicted octanol–water partition coefficient (Wildman–Crippen LogP) is 5.08. The molecule has 0 aliphatic heterocycles. The summed E-state index contributed by atoms with van der Waals surface area (Å²) < 4.78 is 0. The molecule has 0 rings (SSSR count). The smallest absolute Gasteiger partial charge is 0.307 e. The molecule has 0 amide bonds. The summed E-state index contributed by atoms with van der Waals surface area (Å²) in [4.78, 5) is 11.7. The van der Waals surface area contributed by atoms with Gasteiger partial charge in [0.15, 0.2) is 0 Å². The van der Waals surface area contributed by atoms with Crippen molar-refractivity contribution in [3.05, 3.63) is 12.2 Å². The van der Waals surface area contributed by atoms with Gasteiger partial charge >= 0.3 is 5.97 Å². The van der Waals surface area contributed by atoms with Crippen molar-refractivity contribution in [2.45, 2.75) is 103 Å². The zero-order valence-corrected chi connectivity index (χ0v) is 18.7. The number of unbranched alkanes of at least 4 members (excludes halogenated alkanes) is 10. The van der Waals surface area contributed by atoms with Gasteiger partial charge in [0.2, 0.25) is 0 Å². The molecule has 0 aliphatic rings. The van der Waals surface area contributed by atoms with Crippen LogP contribution in [0.25, 0.3) is 0 Å². The Labute approximate surface area is 178 Å². The molecule has 0 heterocycles. The standard InChI is InChI=1S/C24H46O5/c1-2-3-4-5-6-7-8-9-10-11-12-13-14-15-17-22(23(28)29)24(20-26,21-27)18-16-19-25/h9-10,22,25-27H,2-8,11-21H2,1H3,(H,28,29). The number of hydrogen-bond donors (Lipinski definition) is 4. The summed E-state index contributed by atoms with van der Waals surface area (Å²) in [5.74, 6) is -1.75. The first-order valence-corrected chi connectivity index (χ1v) is 11.8. The molecule has 0 aromatic heterocycles. The minimum Gasteiger partial charge on any atom is -0.481 e. The molecule has 1 atom stereocenters. The molecule has 1 unspecified atom stereocenters. The van der Waals surface area contributed by atoms with Gasteiger partial charge in [-0.15, -0.1) is 0 Å². The lowest BCUT2D eigenvalue weighted by Gasteiger charge is -2.35. The Hall–Kier alpha value is -0.910. The zero-order chi connectivity index (χ0) is 21.8. The topological polar surface area (TPSA) is 98.0 Å². The molecule has 0 bridgehead atoms. The first-order valence-electron chi connectivity index (χ1n) is 11.8. The molecule has 0 fully saturated rings. The number of carbonyl (C=O) groups is 1. The lowest BCUT2D eigenvalue weighted by Crippen LogP contribution is -2.42. The van der Waals surface area contributed by atoms with Gasteiger partial charge < -0.3 is 20.4 Å². The zero-order valence-electron chi connectivity index (χ0n) is 18.7. The Balaban J connectivity index is 3.97. The third kappa shape index (κ3) is 13.1. The molecule has 0 saturated carbocycles. The third-order valence-corrected chi connectivity index (χ3v) is 6.00. The van der Waals surface area contributed by atoms with Gasteiger partial charge in [0.05, 0.1) is 19.1 Å². The Morgan fingerprint density at radius 3 is 1.79 bits per heavy atom. The normalized spacial score (nSPS) is 13.2. The number of carboxylic acids is 1. The Morgan fingerprint density at radius 1 is 0.793 bits per heavy atom. The fourth-order valence-corrected chi connectivity index (χ4v) is 3.97. The molecule has 0 aromatic carbocycles. The molecule has 0 spiro atoms. The van der Waals surface area contributed by atoms with Crippen LogP contribution in [0, 0.1) is 11.3 Å². The van der Waals surface area contributed by atoms with Gasteiger partial charge in [-0.3, -0.25) is 4.79 Å². The van der Waals surface area contributed by atoms with Gasteiger partial charge in [0.25, 0.3) is 0 Å². The van der Waals surface area contributed by atoms with Crippen molar-refractivity contribution in [1.82, 2.24) is 0 Å². The van der Waals surface area contributed by atoms with Crippen LogP contribution in [0.4, 0.5) is 0 Å². The Bertz CT molecular complexity index is 404. The number of allylic oxidation sites excluding steroid dienone is 2. The van der Waals surface area contributed by atoms with E-state index in [2.05, 4.69) is 19.1 Å². The summed E-state index contributed by atoms with van der Waals surface area (Å²) in [6.07, 6.45) is 19.9. The molecular formula is C24H46O5. The van der Waals surface area contributed by atoms with Gasteiger partial charge in [-0.1, -0.05) is 70.4 Å². The summed E-state index contributed by atoms with van der Waals surface area (Å²) >= 11 is 0. The van der Waals surface area contributed by atoms with Gasteiger partial charge in [-0.2, -0.15) is 0 Å². The van der Waals surface area contributed by atoms with Crippen molar-refractivity contribution in [1.29, 1.82) is 0 Å². The summed E-state index contributed by atoms with van der Waals surface area (Å²) in [6, 6.07) is 0. The van der Waals surface area contributed by atoms with Crippen LogP contribution in [0.15, 0.2) is 12.2 Å². The molecule has 0 radical (unpaired) electrons. The highest BCUT2D eigenvalue weighted by Crippen LogP contribution is 2.36. The maximum atomic E-state index is 11.7. The Morgan fingerprint density at radius 2 is 1.31 bits per heavy atom. The number of hydrogen-bond acceptors (Lipinski definition) is 4. The number of aliphatic hydroxyl groups excluding tert-OH is 3. The molecule has 0 aliphatic carbocycles. The van der Waals surface area contributed by atoms with Crippen molar-refractivity contribution in [2.75, 3.05) is 19.8 Å². The maximum Gasteiger partial charge on any atom is 0.307 e. The SMILES string of the molecule is CCCCCCCCC=CCCCCCCC(C(=O)O)C(CO)(CO)CCCO. The molecule has 5 nitrogen and oxygen atoms in total. The van der Waals surface area contributed by atoms with Crippen molar-refractivity contribution >= 4 is 5.97 Å². The van der Waals surface area contributed by atoms with Crippen molar-refractivity contribution in [3.8, 4) is 0 Å². The molecular weight excluding hydrogens is 368 g/mol. The Kier molecular flexibility index (Phi) is 18.5. The van der Waals surface area contributed by atoms with E-state index in [0.29, 0.717) is 19.3 Å². The van der Waals surface area contributed by atoms with Crippen LogP contribution < -0.4 is 0 Å². The number of aliphatic hydroxyl groups is 3. The number of aliphatic carboxylic acids is 1. The second kappa shape index (κ2) is 19.1. The van der Waals surface area contributed by atoms with Crippen LogP contribution in [0.3, 0.4) is 0 Å². The van der Waals surface area contributed by atoms with E-state index in [-0.39, 0.29) is 19.8 Å². The highest BCUT2D eigenvalue weighted by Gasteiger charge is 2.41. The quantitative estimate of drug-likeness (QED) is 0.155. The van der Waals surface area contributed by atoms with Crippen LogP contribution in [0.2, 0.25) is 0 Å². The van der Waals surface area contributed by atoms with Crippen LogP contribution in [-0.4, -0.2) is 46.2 Å². The summed E-state index contributed by atoms with van der Waals surface area (Å²) in [5, 5.41) is 38.1. The minimum atomic E-state index is -1.05. The maximum absolute atomic E-state index is 11.7. The van der Waals surface area contributed by atoms with Crippen LogP contribution in [0.1, 0.15) is 103 Å². The second-order valence-corrected chi connectivity index (χ2v) is 8.42. The summed E-state index contributed by atoms with van der Waals surface area (Å²) in [5.41, 5.74) is -1.05. The highest BCUT2D eigenvalue weighted by atomic mass is 16.4. The summed E-state index contributed by atoms with van der Waals surface area (Å²) in [7, 11) is 0. The molecule has 5 heteroatoms. The second-order valence-electron chi connectivity index (χ2n) is 8.42. The van der Waals surface area contributed by atoms with E-state index in [1.54, 1.807) is 0 Å². The summed E-state index contributed by atoms with van der Waals surface area (Å²) in [6.45, 7) is 1.43. The van der Waals surface area contributed by atoms with Gasteiger partial charge in [0.1, 0.15) is 0 Å². The van der Waals surface area contributed by atoms with E-state index >= 15 is 0 Å². The van der Waals surface area contributed by atoms with E-state index in [9.17, 15) is 20.1 Å². The fourth-order valence-electron chi connectivity index (χ4n) is 3.97. The van der Waals surface area contributed by atoms with E-state index < -0.39 is 17.3 Å². The average molecular weight is 415 g/mol. The van der Waals surface area contributed by atoms with Crippen LogP contribution >= 0.6 is 0 Å². The van der Waals surface area contributed by atoms with Gasteiger partial charge in [-0.25, -0.2) is 0 Å². The first kappa shape index (κ1) is 28.1. The van der Waals surface area contributed by atoms with Crippen LogP contribution in [0.5, 0.6) is 0 Å². The van der Waals surface area contributed by atoms with Gasteiger partial charge in [0, 0.05) is 12.0 Å². The van der Waals surface area contributed by atoms with E-state index in [0.717, 1.165) is 32.1 Å². The van der Waals surface area contributed by atoms with E-state index in [1.165, 1.54) is 44.9 Å². The van der Waals surface area contributed by atoms with Crippen molar-refractivity contribution in [3.63, 3.8) is 0 Å². The van der Waals surface area contributed by atoms with Crippen molar-refractivity contribution < 1.29 is 25.2 Å². The molecule has 4 N–H and O–H groups in total. The highest BCUT2D eigenvalue weighted by molar-refractivity contribution is 5.71. The van der Waals surface area contributed by atoms with Gasteiger partial charge in [-0.05, 0) is 44.9 Å². The van der Waals surface area contributed by atoms with E-state index in [4.69, 9.17) is 5.11 Å². The largest absolute Gasteiger partial charge is 0.481 e. The lowest BCUT2D eigenvalue weighted by molar-refractivity contribution is -0.151. The predicted molar refractivity (Wildman–Crippen MR) is 119 cm³/mol. The molecule has 0 saturated heterocycles. The molecule has 0 aromatic rings. The molecule has 172 valence electrons. The number of rotatable bonds is 21. The first-order chi connectivity index (χ1) is 14.1. The monoisotopic (exact) mass is 414 g/mol. The van der Waals surface area contributed by atoms with Crippen molar-refractivity contribution in [2.24, 2.45) is 11.3 Å². The lowest BCUT2D eigenvalue weighted by atomic mass is 9.71. The number of carboxylic acid groups (broad SMARTS) is 1. The average Bonchev–Trinajstić information content (AvgIpc) is 2.72.